The van der Waals surface area contributed by atoms with E-state index in [2.05, 4.69) is 38.3 Å². The Kier molecular flexibility index (Phi) is 10.1. The summed E-state index contributed by atoms with van der Waals surface area (Å²) in [4.78, 5) is 14.4. The maximum absolute atomic E-state index is 13.1. The fraction of sp³-hybridized carbons (Fsp3) is 0.667. The molecular weight excluding hydrogens is 483 g/mol. The molecule has 0 bridgehead atoms. The van der Waals surface area contributed by atoms with Gasteiger partial charge in [-0.25, -0.2) is 13.2 Å². The first-order valence-electron chi connectivity index (χ1n) is 9.79. The molecule has 3 aliphatic rings. The third-order valence-corrected chi connectivity index (χ3v) is 5.33. The van der Waals surface area contributed by atoms with E-state index < -0.39 is 17.0 Å². The number of nitrogens with one attached hydrogen (secondary N) is 1. The standard InChI is InChI=1S/C11H14FN.C6H9BrFNO.C4H8FN.ClH/c1-11(12)8-13(9-11)7-10-5-3-2-4-6-10;1-6(8)3-9(4-6)5(10)2-7;1-4(5)2-6-3-4;/h2-6H,7-9H2,1H3;2-4H2,1H3;6H,2-3H2,1H3;1H. The number of amides is 1. The first-order valence-corrected chi connectivity index (χ1v) is 10.9. The average molecular weight is 515 g/mol. The van der Waals surface area contributed by atoms with Crippen molar-refractivity contribution < 1.29 is 18.0 Å². The van der Waals surface area contributed by atoms with Crippen molar-refractivity contribution in [2.24, 2.45) is 0 Å². The van der Waals surface area contributed by atoms with E-state index in [0.717, 1.165) is 6.54 Å². The predicted octanol–water partition coefficient (Wildman–Crippen LogP) is 3.92. The minimum atomic E-state index is -1.14. The molecule has 9 heteroatoms. The molecule has 0 saturated carbocycles. The van der Waals surface area contributed by atoms with Crippen LogP contribution in [-0.4, -0.2) is 77.3 Å². The van der Waals surface area contributed by atoms with Gasteiger partial charge in [0.15, 0.2) is 0 Å². The summed E-state index contributed by atoms with van der Waals surface area (Å²) >= 11 is 3.01. The number of hydrogen-bond acceptors (Lipinski definition) is 3. The number of halogens is 5. The second-order valence-electron chi connectivity index (χ2n) is 8.86. The average Bonchev–Trinajstić information content (AvgIpc) is 2.58. The Bertz CT molecular complexity index is 655. The Hall–Kier alpha value is -0.830. The molecular formula is C21H32BrClF3N3O. The third kappa shape index (κ3) is 9.12. The highest BCUT2D eigenvalue weighted by molar-refractivity contribution is 9.09. The van der Waals surface area contributed by atoms with Crippen LogP contribution < -0.4 is 5.32 Å². The van der Waals surface area contributed by atoms with Gasteiger partial charge in [0.2, 0.25) is 5.91 Å². The molecule has 3 saturated heterocycles. The van der Waals surface area contributed by atoms with Gasteiger partial charge in [-0.15, -0.1) is 12.4 Å². The summed E-state index contributed by atoms with van der Waals surface area (Å²) < 4.78 is 38.0. The van der Waals surface area contributed by atoms with Crippen LogP contribution in [0.1, 0.15) is 26.3 Å². The summed E-state index contributed by atoms with van der Waals surface area (Å²) in [6.45, 7) is 8.35. The molecule has 0 aliphatic carbocycles. The van der Waals surface area contributed by atoms with Gasteiger partial charge in [0.25, 0.3) is 0 Å². The lowest BCUT2D eigenvalue weighted by molar-refractivity contribution is -0.140. The van der Waals surface area contributed by atoms with Gasteiger partial charge in [0.1, 0.15) is 17.0 Å². The van der Waals surface area contributed by atoms with Crippen LogP contribution in [0, 0.1) is 0 Å². The van der Waals surface area contributed by atoms with Crippen molar-refractivity contribution in [2.75, 3.05) is 44.6 Å². The molecule has 3 fully saturated rings. The molecule has 172 valence electrons. The first-order chi connectivity index (χ1) is 13.4. The molecule has 30 heavy (non-hydrogen) atoms. The van der Waals surface area contributed by atoms with Gasteiger partial charge in [0.05, 0.1) is 18.4 Å². The van der Waals surface area contributed by atoms with Crippen molar-refractivity contribution in [2.45, 2.75) is 44.3 Å². The molecule has 4 rings (SSSR count). The normalized spacial score (nSPS) is 22.3. The monoisotopic (exact) mass is 513 g/mol. The fourth-order valence-corrected chi connectivity index (χ4v) is 3.67. The number of carbonyl (C=O) groups is 1. The number of alkyl halides is 4. The van der Waals surface area contributed by atoms with Crippen LogP contribution in [0.15, 0.2) is 30.3 Å². The van der Waals surface area contributed by atoms with Crippen LogP contribution in [0.2, 0.25) is 0 Å². The van der Waals surface area contributed by atoms with Crippen LogP contribution in [0.5, 0.6) is 0 Å². The number of rotatable bonds is 3. The first kappa shape index (κ1) is 27.2. The van der Waals surface area contributed by atoms with Crippen molar-refractivity contribution in [1.82, 2.24) is 15.1 Å². The van der Waals surface area contributed by atoms with Gasteiger partial charge in [-0.1, -0.05) is 46.3 Å². The Morgan fingerprint density at radius 2 is 1.43 bits per heavy atom. The van der Waals surface area contributed by atoms with Crippen LogP contribution in [0.4, 0.5) is 13.2 Å². The summed E-state index contributed by atoms with van der Waals surface area (Å²) in [7, 11) is 0. The summed E-state index contributed by atoms with van der Waals surface area (Å²) in [5.41, 5.74) is -1.72. The molecule has 0 radical (unpaired) electrons. The lowest BCUT2D eigenvalue weighted by Crippen LogP contribution is -2.59. The molecule has 1 aromatic rings. The summed E-state index contributed by atoms with van der Waals surface area (Å²) in [6, 6.07) is 10.2. The molecule has 3 heterocycles. The van der Waals surface area contributed by atoms with E-state index in [9.17, 15) is 18.0 Å². The van der Waals surface area contributed by atoms with E-state index in [0.29, 0.717) is 31.5 Å². The van der Waals surface area contributed by atoms with Crippen LogP contribution >= 0.6 is 28.3 Å². The van der Waals surface area contributed by atoms with E-state index in [-0.39, 0.29) is 31.4 Å². The molecule has 0 unspecified atom stereocenters. The van der Waals surface area contributed by atoms with Crippen LogP contribution in [0.25, 0.3) is 0 Å². The Balaban J connectivity index is 0.000000236. The van der Waals surface area contributed by atoms with Gasteiger partial charge in [-0.3, -0.25) is 9.69 Å². The zero-order valence-electron chi connectivity index (χ0n) is 17.8. The Morgan fingerprint density at radius 1 is 0.967 bits per heavy atom. The quantitative estimate of drug-likeness (QED) is 0.621. The predicted molar refractivity (Wildman–Crippen MR) is 121 cm³/mol. The van der Waals surface area contributed by atoms with Gasteiger partial charge >= 0.3 is 0 Å². The van der Waals surface area contributed by atoms with E-state index in [1.54, 1.807) is 13.8 Å². The van der Waals surface area contributed by atoms with Crippen molar-refractivity contribution in [3.8, 4) is 0 Å². The fourth-order valence-electron chi connectivity index (χ4n) is 3.32. The summed E-state index contributed by atoms with van der Waals surface area (Å²) in [6.07, 6.45) is 0. The highest BCUT2D eigenvalue weighted by Crippen LogP contribution is 2.26. The highest BCUT2D eigenvalue weighted by atomic mass is 79.9. The second kappa shape index (κ2) is 11.2. The smallest absolute Gasteiger partial charge is 0.233 e. The topological polar surface area (TPSA) is 35.6 Å². The number of likely N-dealkylation sites (tertiary alicyclic amines) is 2. The third-order valence-electron chi connectivity index (χ3n) is 4.85. The zero-order chi connectivity index (χ0) is 21.7. The SMILES string of the molecule is CC1(F)CN(C(=O)CBr)C1.CC1(F)CN(Cc2ccccc2)C1.CC1(F)CNC1.Cl. The number of nitrogens with zero attached hydrogens (tertiary/aromatic N) is 2. The van der Waals surface area contributed by atoms with Gasteiger partial charge in [-0.05, 0) is 26.3 Å². The number of carbonyl (C=O) groups excluding carboxylic acids is 1. The summed E-state index contributed by atoms with van der Waals surface area (Å²) in [5.74, 6) is -0.0323. The minimum Gasteiger partial charge on any atom is -0.335 e. The van der Waals surface area contributed by atoms with E-state index >= 15 is 0 Å². The molecule has 4 nitrogen and oxygen atoms in total. The molecule has 0 atom stereocenters. The molecule has 3 aliphatic heterocycles. The van der Waals surface area contributed by atoms with Crippen molar-refractivity contribution in [3.05, 3.63) is 35.9 Å². The maximum atomic E-state index is 13.1. The lowest BCUT2D eigenvalue weighted by atomic mass is 9.98. The van der Waals surface area contributed by atoms with Crippen molar-refractivity contribution >= 4 is 34.2 Å². The Labute approximate surface area is 192 Å². The highest BCUT2D eigenvalue weighted by Gasteiger charge is 2.41. The molecule has 1 N–H and O–H groups in total. The second-order valence-corrected chi connectivity index (χ2v) is 9.42. The maximum Gasteiger partial charge on any atom is 0.233 e. The largest absolute Gasteiger partial charge is 0.335 e. The minimum absolute atomic E-state index is 0. The summed E-state index contributed by atoms with van der Waals surface area (Å²) in [5, 5.41) is 3.12. The van der Waals surface area contributed by atoms with E-state index in [1.807, 2.05) is 18.2 Å². The van der Waals surface area contributed by atoms with Crippen LogP contribution in [0.3, 0.4) is 0 Å². The van der Waals surface area contributed by atoms with Crippen LogP contribution in [-0.2, 0) is 11.3 Å². The van der Waals surface area contributed by atoms with Gasteiger partial charge < -0.3 is 10.2 Å². The number of hydrogen-bond donors (Lipinski definition) is 1. The Morgan fingerprint density at radius 3 is 1.77 bits per heavy atom. The van der Waals surface area contributed by atoms with Gasteiger partial charge in [0, 0.05) is 32.7 Å². The zero-order valence-corrected chi connectivity index (χ0v) is 20.2. The molecule has 0 spiro atoms. The van der Waals surface area contributed by atoms with Gasteiger partial charge in [-0.2, -0.15) is 0 Å². The molecule has 1 amide bonds. The van der Waals surface area contributed by atoms with E-state index in [4.69, 9.17) is 0 Å². The molecule has 0 aromatic heterocycles. The molecule has 1 aromatic carbocycles. The lowest BCUT2D eigenvalue weighted by Gasteiger charge is -2.42. The van der Waals surface area contributed by atoms with Crippen molar-refractivity contribution in [1.29, 1.82) is 0 Å². The number of benzene rings is 1. The van der Waals surface area contributed by atoms with E-state index in [1.165, 1.54) is 17.4 Å². The van der Waals surface area contributed by atoms with Crippen molar-refractivity contribution in [3.63, 3.8) is 0 Å².